The van der Waals surface area contributed by atoms with Gasteiger partial charge in [-0.2, -0.15) is 0 Å². The van der Waals surface area contributed by atoms with Crippen molar-refractivity contribution < 1.29 is 0 Å². The number of hydrogen-bond donors (Lipinski definition) is 1. The first-order chi connectivity index (χ1) is 5.88. The van der Waals surface area contributed by atoms with Gasteiger partial charge in [0.05, 0.1) is 6.04 Å². The van der Waals surface area contributed by atoms with Gasteiger partial charge in [-0.1, -0.05) is 12.1 Å². The van der Waals surface area contributed by atoms with Gasteiger partial charge in [0.15, 0.2) is 0 Å². The summed E-state index contributed by atoms with van der Waals surface area (Å²) in [4.78, 5) is 2.47. The van der Waals surface area contributed by atoms with Crippen molar-refractivity contribution in [3.63, 3.8) is 0 Å². The second-order valence-corrected chi connectivity index (χ2v) is 4.47. The van der Waals surface area contributed by atoms with Crippen LogP contribution in [0.1, 0.15) is 15.8 Å². The lowest BCUT2D eigenvalue weighted by Gasteiger charge is -2.05. The zero-order chi connectivity index (χ0) is 8.39. The molecule has 0 atom stereocenters. The fraction of sp³-hybridized carbons (Fsp3) is 0.111. The number of rotatable bonds is 2. The van der Waals surface area contributed by atoms with Gasteiger partial charge in [0.25, 0.3) is 0 Å². The summed E-state index contributed by atoms with van der Waals surface area (Å²) in [5.74, 6) is 0. The molecule has 0 radical (unpaired) electrons. The topological polar surface area (TPSA) is 26.0 Å². The van der Waals surface area contributed by atoms with Gasteiger partial charge in [0.2, 0.25) is 0 Å². The van der Waals surface area contributed by atoms with E-state index in [1.165, 1.54) is 9.75 Å². The van der Waals surface area contributed by atoms with E-state index in [2.05, 4.69) is 22.9 Å². The third-order valence-electron chi connectivity index (χ3n) is 1.70. The third kappa shape index (κ3) is 2.31. The van der Waals surface area contributed by atoms with Crippen molar-refractivity contribution in [2.45, 2.75) is 6.04 Å². The summed E-state index contributed by atoms with van der Waals surface area (Å²) in [5, 5.41) is 4.12. The van der Waals surface area contributed by atoms with Crippen molar-refractivity contribution >= 4 is 35.1 Å². The van der Waals surface area contributed by atoms with E-state index in [0.29, 0.717) is 0 Å². The van der Waals surface area contributed by atoms with Crippen molar-refractivity contribution in [1.29, 1.82) is 0 Å². The molecule has 70 valence electrons. The highest BCUT2D eigenvalue weighted by Crippen LogP contribution is 2.26. The second kappa shape index (κ2) is 4.77. The molecule has 0 amide bonds. The van der Waals surface area contributed by atoms with Crippen molar-refractivity contribution in [3.8, 4) is 0 Å². The summed E-state index contributed by atoms with van der Waals surface area (Å²) in [6, 6.07) is 8.30. The van der Waals surface area contributed by atoms with Crippen LogP contribution in [0.15, 0.2) is 35.0 Å². The Hall–Kier alpha value is -0.350. The molecule has 0 bridgehead atoms. The van der Waals surface area contributed by atoms with Crippen LogP contribution in [0.5, 0.6) is 0 Å². The van der Waals surface area contributed by atoms with Gasteiger partial charge in [0.1, 0.15) is 0 Å². The Bertz CT molecular complexity index is 294. The lowest BCUT2D eigenvalue weighted by atomic mass is 10.2. The maximum Gasteiger partial charge on any atom is 0.0739 e. The van der Waals surface area contributed by atoms with E-state index < -0.39 is 0 Å². The third-order valence-corrected chi connectivity index (χ3v) is 3.61. The molecule has 0 aliphatic rings. The molecule has 2 heterocycles. The minimum Gasteiger partial charge on any atom is -0.319 e. The summed E-state index contributed by atoms with van der Waals surface area (Å²) in [6.07, 6.45) is 0. The maximum atomic E-state index is 6.03. The molecule has 0 aromatic carbocycles. The van der Waals surface area contributed by atoms with E-state index >= 15 is 0 Å². The first-order valence-electron chi connectivity index (χ1n) is 3.70. The Morgan fingerprint density at radius 1 is 1.00 bits per heavy atom. The summed E-state index contributed by atoms with van der Waals surface area (Å²) < 4.78 is 0. The standard InChI is InChI=1S/C9H9NS2.ClH/c10-9(7-3-1-5-11-7)8-4-2-6-12-8;/h1-6,9H,10H2;1H. The highest BCUT2D eigenvalue weighted by Gasteiger charge is 2.09. The minimum atomic E-state index is 0. The zero-order valence-corrected chi connectivity index (χ0v) is 9.29. The monoisotopic (exact) mass is 231 g/mol. The van der Waals surface area contributed by atoms with E-state index in [1.807, 2.05) is 12.1 Å². The van der Waals surface area contributed by atoms with Gasteiger partial charge in [-0.15, -0.1) is 35.1 Å². The van der Waals surface area contributed by atoms with Crippen LogP contribution in [0, 0.1) is 0 Å². The average molecular weight is 232 g/mol. The fourth-order valence-corrected chi connectivity index (χ4v) is 2.64. The van der Waals surface area contributed by atoms with Crippen LogP contribution in [-0.2, 0) is 0 Å². The molecule has 0 unspecified atom stereocenters. The Kier molecular flexibility index (Phi) is 3.93. The second-order valence-electron chi connectivity index (χ2n) is 2.51. The summed E-state index contributed by atoms with van der Waals surface area (Å²) in [6.45, 7) is 0. The normalized spacial score (nSPS) is 10.0. The predicted octanol–water partition coefficient (Wildman–Crippen LogP) is 3.28. The molecule has 1 nitrogen and oxygen atoms in total. The minimum absolute atomic E-state index is 0. The molecule has 0 spiro atoms. The van der Waals surface area contributed by atoms with Crippen LogP contribution in [0.3, 0.4) is 0 Å². The molecule has 2 aromatic heterocycles. The highest BCUT2D eigenvalue weighted by molar-refractivity contribution is 7.11. The van der Waals surface area contributed by atoms with Crippen LogP contribution in [-0.4, -0.2) is 0 Å². The number of nitrogens with two attached hydrogens (primary N) is 1. The first kappa shape index (κ1) is 10.7. The van der Waals surface area contributed by atoms with Gasteiger partial charge < -0.3 is 5.73 Å². The van der Waals surface area contributed by atoms with Gasteiger partial charge in [-0.05, 0) is 22.9 Å². The van der Waals surface area contributed by atoms with Crippen LogP contribution >= 0.6 is 35.1 Å². The van der Waals surface area contributed by atoms with E-state index in [1.54, 1.807) is 22.7 Å². The van der Waals surface area contributed by atoms with Crippen LogP contribution in [0.2, 0.25) is 0 Å². The SMILES string of the molecule is Cl.NC(c1cccs1)c1cccs1. The van der Waals surface area contributed by atoms with E-state index in [4.69, 9.17) is 5.73 Å². The van der Waals surface area contributed by atoms with Crippen LogP contribution in [0.25, 0.3) is 0 Å². The number of hydrogen-bond acceptors (Lipinski definition) is 3. The van der Waals surface area contributed by atoms with Gasteiger partial charge in [0, 0.05) is 9.75 Å². The zero-order valence-electron chi connectivity index (χ0n) is 6.84. The number of halogens is 1. The van der Waals surface area contributed by atoms with E-state index in [9.17, 15) is 0 Å². The van der Waals surface area contributed by atoms with Crippen LogP contribution in [0.4, 0.5) is 0 Å². The summed E-state index contributed by atoms with van der Waals surface area (Å²) in [5.41, 5.74) is 6.03. The molecule has 0 aliphatic carbocycles. The Balaban J connectivity index is 0.000000845. The Morgan fingerprint density at radius 2 is 1.46 bits per heavy atom. The number of thiophene rings is 2. The summed E-state index contributed by atoms with van der Waals surface area (Å²) in [7, 11) is 0. The van der Waals surface area contributed by atoms with E-state index in [0.717, 1.165) is 0 Å². The Labute approximate surface area is 91.6 Å². The molecular formula is C9H10ClNS2. The van der Waals surface area contributed by atoms with Crippen molar-refractivity contribution in [3.05, 3.63) is 44.8 Å². The van der Waals surface area contributed by atoms with Crippen LogP contribution < -0.4 is 5.73 Å². The molecule has 0 saturated carbocycles. The van der Waals surface area contributed by atoms with Crippen molar-refractivity contribution in [1.82, 2.24) is 0 Å². The molecule has 13 heavy (non-hydrogen) atoms. The van der Waals surface area contributed by atoms with Gasteiger partial charge in [-0.25, -0.2) is 0 Å². The molecule has 2 rings (SSSR count). The fourth-order valence-electron chi connectivity index (χ4n) is 1.08. The quantitative estimate of drug-likeness (QED) is 0.844. The molecule has 0 saturated heterocycles. The molecule has 2 aromatic rings. The molecule has 2 N–H and O–H groups in total. The summed E-state index contributed by atoms with van der Waals surface area (Å²) >= 11 is 3.42. The largest absolute Gasteiger partial charge is 0.319 e. The van der Waals surface area contributed by atoms with Crippen molar-refractivity contribution in [2.75, 3.05) is 0 Å². The highest BCUT2D eigenvalue weighted by atomic mass is 35.5. The van der Waals surface area contributed by atoms with E-state index in [-0.39, 0.29) is 18.4 Å². The molecule has 4 heteroatoms. The van der Waals surface area contributed by atoms with Gasteiger partial charge >= 0.3 is 0 Å². The predicted molar refractivity (Wildman–Crippen MR) is 61.9 cm³/mol. The molecular weight excluding hydrogens is 222 g/mol. The first-order valence-corrected chi connectivity index (χ1v) is 5.46. The molecule has 0 aliphatic heterocycles. The van der Waals surface area contributed by atoms with Gasteiger partial charge in [-0.3, -0.25) is 0 Å². The maximum absolute atomic E-state index is 6.03. The average Bonchev–Trinajstić information content (AvgIpc) is 2.77. The lowest BCUT2D eigenvalue weighted by molar-refractivity contribution is 0.917. The lowest BCUT2D eigenvalue weighted by Crippen LogP contribution is -2.07. The molecule has 0 fully saturated rings. The van der Waals surface area contributed by atoms with Crippen molar-refractivity contribution in [2.24, 2.45) is 5.73 Å². The smallest absolute Gasteiger partial charge is 0.0739 e. The Morgan fingerprint density at radius 3 is 1.77 bits per heavy atom.